The first-order valence-corrected chi connectivity index (χ1v) is 5.36. The Hall–Kier alpha value is -2.36. The summed E-state index contributed by atoms with van der Waals surface area (Å²) in [5.41, 5.74) is 4.83. The van der Waals surface area contributed by atoms with Gasteiger partial charge in [0.25, 0.3) is 0 Å². The largest absolute Gasteiger partial charge is 0.396 e. The molecule has 0 fully saturated rings. The molecule has 0 unspecified atom stereocenters. The van der Waals surface area contributed by atoms with Crippen LogP contribution in [-0.2, 0) is 0 Å². The average molecular weight is 225 g/mol. The van der Waals surface area contributed by atoms with Crippen LogP contribution in [0.25, 0.3) is 22.2 Å². The third-order valence-electron chi connectivity index (χ3n) is 2.83. The van der Waals surface area contributed by atoms with Crippen molar-refractivity contribution in [1.82, 2.24) is 15.2 Å². The van der Waals surface area contributed by atoms with E-state index in [1.54, 1.807) is 0 Å². The van der Waals surface area contributed by atoms with E-state index in [1.165, 1.54) is 11.1 Å². The fourth-order valence-corrected chi connectivity index (χ4v) is 1.97. The van der Waals surface area contributed by atoms with Crippen LogP contribution in [-0.4, -0.2) is 20.4 Å². The summed E-state index contributed by atoms with van der Waals surface area (Å²) in [6, 6.07) is 13.9. The molecule has 0 aliphatic carbocycles. The highest BCUT2D eigenvalue weighted by Crippen LogP contribution is 2.25. The lowest BCUT2D eigenvalue weighted by Gasteiger charge is -2.04. The van der Waals surface area contributed by atoms with Crippen molar-refractivity contribution in [2.45, 2.75) is 6.92 Å². The molecule has 0 spiro atoms. The monoisotopic (exact) mass is 225 g/mol. The molecule has 17 heavy (non-hydrogen) atoms. The number of nitrogens with zero attached hydrogens (tertiary/aromatic N) is 3. The van der Waals surface area contributed by atoms with Gasteiger partial charge in [-0.25, -0.2) is 0 Å². The molecule has 0 amide bonds. The smallest absolute Gasteiger partial charge is 0.117 e. The number of aryl methyl sites for hydroxylation is 1. The van der Waals surface area contributed by atoms with Gasteiger partial charge in [0.15, 0.2) is 0 Å². The molecule has 4 heteroatoms. The van der Waals surface area contributed by atoms with Crippen molar-refractivity contribution >= 4 is 11.0 Å². The van der Waals surface area contributed by atoms with Crippen molar-refractivity contribution in [3.05, 3.63) is 48.0 Å². The summed E-state index contributed by atoms with van der Waals surface area (Å²) in [7, 11) is 0. The van der Waals surface area contributed by atoms with E-state index in [2.05, 4.69) is 29.3 Å². The lowest BCUT2D eigenvalue weighted by Crippen LogP contribution is -1.92. The van der Waals surface area contributed by atoms with Crippen molar-refractivity contribution in [2.75, 3.05) is 0 Å². The van der Waals surface area contributed by atoms with Gasteiger partial charge in [-0.2, -0.15) is 0 Å². The molecule has 0 atom stereocenters. The fourth-order valence-electron chi connectivity index (χ4n) is 1.97. The predicted molar refractivity (Wildman–Crippen MR) is 64.9 cm³/mol. The van der Waals surface area contributed by atoms with E-state index < -0.39 is 0 Å². The zero-order valence-electron chi connectivity index (χ0n) is 9.33. The first-order valence-electron chi connectivity index (χ1n) is 5.36. The molecule has 3 rings (SSSR count). The minimum absolute atomic E-state index is 0.603. The number of hydrogen-bond donors (Lipinski definition) is 1. The van der Waals surface area contributed by atoms with Gasteiger partial charge < -0.3 is 5.21 Å². The van der Waals surface area contributed by atoms with E-state index >= 15 is 0 Å². The lowest BCUT2D eigenvalue weighted by molar-refractivity contribution is 0.113. The fraction of sp³-hybridized carbons (Fsp3) is 0.0769. The molecule has 84 valence electrons. The summed E-state index contributed by atoms with van der Waals surface area (Å²) in [5, 5.41) is 16.9. The highest BCUT2D eigenvalue weighted by Gasteiger charge is 2.05. The zero-order valence-corrected chi connectivity index (χ0v) is 9.33. The van der Waals surface area contributed by atoms with Gasteiger partial charge in [-0.3, -0.25) is 0 Å². The molecule has 0 bridgehead atoms. The Bertz CT molecular complexity index is 688. The van der Waals surface area contributed by atoms with Crippen molar-refractivity contribution in [3.8, 4) is 11.1 Å². The van der Waals surface area contributed by atoms with Crippen LogP contribution in [0.15, 0.2) is 42.5 Å². The summed E-state index contributed by atoms with van der Waals surface area (Å²) in [6.45, 7) is 2.07. The first kappa shape index (κ1) is 9.84. The molecule has 1 N–H and O–H groups in total. The van der Waals surface area contributed by atoms with Crippen molar-refractivity contribution < 1.29 is 5.21 Å². The molecule has 0 saturated carbocycles. The summed E-state index contributed by atoms with van der Waals surface area (Å²) >= 11 is 0. The van der Waals surface area contributed by atoms with Crippen LogP contribution in [0.2, 0.25) is 0 Å². The number of benzene rings is 2. The maximum absolute atomic E-state index is 9.17. The maximum atomic E-state index is 9.17. The molecule has 3 aromatic rings. The van der Waals surface area contributed by atoms with E-state index in [0.717, 1.165) is 5.56 Å². The Morgan fingerprint density at radius 3 is 2.59 bits per heavy atom. The van der Waals surface area contributed by atoms with E-state index in [9.17, 15) is 0 Å². The van der Waals surface area contributed by atoms with Crippen LogP contribution in [0.5, 0.6) is 0 Å². The third kappa shape index (κ3) is 1.63. The minimum atomic E-state index is 0.603. The topological polar surface area (TPSA) is 50.9 Å². The summed E-state index contributed by atoms with van der Waals surface area (Å²) < 4.78 is 0. The standard InChI is InChI=1S/C13H11N3O/c1-9-4-2-3-5-11(9)10-6-7-12-13(8-10)15-16(17)14-12/h2-8,17H,1H3. The van der Waals surface area contributed by atoms with Crippen LogP contribution in [0.4, 0.5) is 0 Å². The van der Waals surface area contributed by atoms with E-state index in [-0.39, 0.29) is 0 Å². The zero-order chi connectivity index (χ0) is 11.8. The molecule has 0 saturated heterocycles. The Labute approximate surface area is 98.1 Å². The number of rotatable bonds is 1. The second-order valence-electron chi connectivity index (χ2n) is 3.99. The van der Waals surface area contributed by atoms with Gasteiger partial charge in [0.05, 0.1) is 0 Å². The number of hydrogen-bond acceptors (Lipinski definition) is 3. The van der Waals surface area contributed by atoms with Crippen LogP contribution in [0.3, 0.4) is 0 Å². The predicted octanol–water partition coefficient (Wildman–Crippen LogP) is 2.64. The molecule has 0 aliphatic rings. The van der Waals surface area contributed by atoms with E-state index in [4.69, 9.17) is 5.21 Å². The molecule has 1 heterocycles. The molecular weight excluding hydrogens is 214 g/mol. The van der Waals surface area contributed by atoms with Crippen molar-refractivity contribution in [2.24, 2.45) is 0 Å². The first-order chi connectivity index (χ1) is 8.24. The lowest BCUT2D eigenvalue weighted by atomic mass is 10.0. The van der Waals surface area contributed by atoms with Crippen LogP contribution in [0.1, 0.15) is 5.56 Å². The molecule has 0 aliphatic heterocycles. The van der Waals surface area contributed by atoms with Crippen LogP contribution >= 0.6 is 0 Å². The maximum Gasteiger partial charge on any atom is 0.117 e. The highest BCUT2D eigenvalue weighted by molar-refractivity contribution is 5.81. The van der Waals surface area contributed by atoms with Crippen molar-refractivity contribution in [3.63, 3.8) is 0 Å². The number of aromatic nitrogens is 3. The van der Waals surface area contributed by atoms with Gasteiger partial charge >= 0.3 is 0 Å². The van der Waals surface area contributed by atoms with Crippen molar-refractivity contribution in [1.29, 1.82) is 0 Å². The molecular formula is C13H11N3O. The van der Waals surface area contributed by atoms with Crippen LogP contribution < -0.4 is 0 Å². The summed E-state index contributed by atoms with van der Waals surface area (Å²) in [5.74, 6) is 0. The Morgan fingerprint density at radius 1 is 1.00 bits per heavy atom. The minimum Gasteiger partial charge on any atom is -0.396 e. The van der Waals surface area contributed by atoms with E-state index in [1.807, 2.05) is 30.3 Å². The molecule has 2 aromatic carbocycles. The highest BCUT2D eigenvalue weighted by atomic mass is 16.5. The normalized spacial score (nSPS) is 10.9. The number of fused-ring (bicyclic) bond motifs is 1. The second-order valence-corrected chi connectivity index (χ2v) is 3.99. The molecule has 0 radical (unpaired) electrons. The van der Waals surface area contributed by atoms with Gasteiger partial charge in [0.1, 0.15) is 11.0 Å². The SMILES string of the molecule is Cc1ccccc1-c1ccc2nn(O)nc2c1. The summed E-state index contributed by atoms with van der Waals surface area (Å²) in [4.78, 5) is 0.603. The molecule has 1 aromatic heterocycles. The van der Waals surface area contributed by atoms with E-state index in [0.29, 0.717) is 16.0 Å². The Kier molecular flexibility index (Phi) is 2.08. The van der Waals surface area contributed by atoms with Crippen LogP contribution in [0, 0.1) is 6.92 Å². The third-order valence-corrected chi connectivity index (χ3v) is 2.83. The van der Waals surface area contributed by atoms with Gasteiger partial charge in [0.2, 0.25) is 0 Å². The average Bonchev–Trinajstić information content (AvgIpc) is 2.68. The van der Waals surface area contributed by atoms with Gasteiger partial charge in [-0.05, 0) is 40.7 Å². The van der Waals surface area contributed by atoms with Gasteiger partial charge in [-0.1, -0.05) is 30.3 Å². The van der Waals surface area contributed by atoms with Gasteiger partial charge in [0, 0.05) is 0 Å². The molecule has 4 nitrogen and oxygen atoms in total. The Balaban J connectivity index is 2.21. The Morgan fingerprint density at radius 2 is 1.76 bits per heavy atom. The van der Waals surface area contributed by atoms with Gasteiger partial charge in [-0.15, -0.1) is 10.2 Å². The second kappa shape index (κ2) is 3.59. The summed E-state index contributed by atoms with van der Waals surface area (Å²) in [6.07, 6.45) is 0. The quantitative estimate of drug-likeness (QED) is 0.648.